The van der Waals surface area contributed by atoms with Crippen LogP contribution >= 0.6 is 0 Å². The zero-order chi connectivity index (χ0) is 47.8. The van der Waals surface area contributed by atoms with E-state index in [2.05, 4.69) is 38.3 Å². The molecule has 0 aliphatic heterocycles. The van der Waals surface area contributed by atoms with Gasteiger partial charge in [0.25, 0.3) is 0 Å². The Kier molecular flexibility index (Phi) is 48.8. The van der Waals surface area contributed by atoms with E-state index in [1.807, 2.05) is 0 Å². The fraction of sp³-hybridized carbons (Fsp3) is 0.963. The average molecular weight is 915 g/mol. The Morgan fingerprint density at radius 1 is 0.297 bits per heavy atom. The van der Waals surface area contributed by atoms with Crippen LogP contribution in [0.25, 0.3) is 0 Å². The maximum absolute atomic E-state index is 12.9. The highest BCUT2D eigenvalue weighted by molar-refractivity contribution is 5.80. The summed E-state index contributed by atoms with van der Waals surface area (Å²) in [6.07, 6.45) is 45.9. The average Bonchev–Trinajstić information content (AvgIpc) is 3.31. The van der Waals surface area contributed by atoms with Gasteiger partial charge in [0.05, 0.1) is 39.6 Å². The maximum Gasteiger partial charge on any atom is 0.223 e. The van der Waals surface area contributed by atoms with Gasteiger partial charge < -0.3 is 41.3 Å². The van der Waals surface area contributed by atoms with Crippen LogP contribution in [0.2, 0.25) is 0 Å². The Hall–Kier alpha value is -1.30. The predicted octanol–water partition coefficient (Wildman–Crippen LogP) is 11.8. The fourth-order valence-corrected chi connectivity index (χ4v) is 8.53. The van der Waals surface area contributed by atoms with Gasteiger partial charge in [-0.3, -0.25) is 9.59 Å². The van der Waals surface area contributed by atoms with Crippen molar-refractivity contribution in [3.63, 3.8) is 0 Å². The molecule has 0 spiro atoms. The molecule has 0 heterocycles. The number of rotatable bonds is 48. The summed E-state index contributed by atoms with van der Waals surface area (Å²) in [6.45, 7) is 6.16. The molecule has 10 heteroatoms. The second-order valence-corrected chi connectivity index (χ2v) is 19.6. The Labute approximate surface area is 395 Å². The van der Waals surface area contributed by atoms with E-state index in [0.717, 1.165) is 77.0 Å². The zero-order valence-electron chi connectivity index (χ0n) is 42.8. The predicted molar refractivity (Wildman–Crippen MR) is 269 cm³/mol. The molecule has 0 rings (SSSR count). The van der Waals surface area contributed by atoms with E-state index < -0.39 is 50.7 Å². The Morgan fingerprint density at radius 2 is 0.453 bits per heavy atom. The topological polar surface area (TPSA) is 180 Å². The van der Waals surface area contributed by atoms with Crippen LogP contribution in [0.1, 0.15) is 272 Å². The zero-order valence-corrected chi connectivity index (χ0v) is 42.8. The van der Waals surface area contributed by atoms with Gasteiger partial charge in [0.15, 0.2) is 0 Å². The van der Waals surface area contributed by atoms with Crippen molar-refractivity contribution in [1.82, 2.24) is 10.6 Å². The summed E-state index contributed by atoms with van der Waals surface area (Å²) in [5, 5.41) is 62.8. The molecular formula is C54H110N2O8. The molecule has 0 aromatic heterocycles. The minimum absolute atomic E-state index is 0.108. The fourth-order valence-electron chi connectivity index (χ4n) is 8.53. The van der Waals surface area contributed by atoms with Crippen LogP contribution in [0.5, 0.6) is 0 Å². The number of hydrogen-bond donors (Lipinski definition) is 8. The second kappa shape index (κ2) is 48.2. The van der Waals surface area contributed by atoms with E-state index in [9.17, 15) is 40.2 Å². The van der Waals surface area contributed by atoms with E-state index in [-0.39, 0.29) is 23.7 Å². The van der Waals surface area contributed by atoms with E-state index in [4.69, 9.17) is 0 Å². The van der Waals surface area contributed by atoms with Crippen LogP contribution in [0.15, 0.2) is 0 Å². The Morgan fingerprint density at radius 3 is 0.609 bits per heavy atom. The molecule has 8 N–H and O–H groups in total. The lowest BCUT2D eigenvalue weighted by molar-refractivity contribution is -0.130. The van der Waals surface area contributed by atoms with E-state index in [1.54, 1.807) is 0 Å². The summed E-state index contributed by atoms with van der Waals surface area (Å²) < 4.78 is 0. The molecule has 0 aromatic carbocycles. The van der Waals surface area contributed by atoms with Crippen molar-refractivity contribution in [3.05, 3.63) is 0 Å². The first-order valence-electron chi connectivity index (χ1n) is 27.5. The highest BCUT2D eigenvalue weighted by atomic mass is 16.3. The SMILES string of the molecule is CCCCCCCCCCCCC(CCCCCCCCC)C(=O)NC(CO)(CO)CO.CCCCCCCCCCCCC(CCCCCCCCC)C(=O)NC(CO)(CO)CO. The third-order valence-corrected chi connectivity index (χ3v) is 13.5. The summed E-state index contributed by atoms with van der Waals surface area (Å²) in [5.74, 6) is -0.486. The molecule has 0 aliphatic rings. The molecule has 2 amide bonds. The van der Waals surface area contributed by atoms with Gasteiger partial charge in [0.1, 0.15) is 11.1 Å². The number of nitrogens with one attached hydrogen (secondary N) is 2. The van der Waals surface area contributed by atoms with Gasteiger partial charge in [0, 0.05) is 11.8 Å². The molecular weight excluding hydrogens is 805 g/mol. The molecule has 0 saturated heterocycles. The van der Waals surface area contributed by atoms with Crippen LogP contribution in [-0.2, 0) is 9.59 Å². The van der Waals surface area contributed by atoms with Crippen molar-refractivity contribution in [1.29, 1.82) is 0 Å². The smallest absolute Gasteiger partial charge is 0.223 e. The monoisotopic (exact) mass is 915 g/mol. The molecule has 64 heavy (non-hydrogen) atoms. The van der Waals surface area contributed by atoms with Crippen LogP contribution in [0.4, 0.5) is 0 Å². The van der Waals surface area contributed by atoms with E-state index in [0.29, 0.717) is 0 Å². The third kappa shape index (κ3) is 36.8. The minimum Gasteiger partial charge on any atom is -0.394 e. The Balaban J connectivity index is 0. The first kappa shape index (κ1) is 64.8. The van der Waals surface area contributed by atoms with Crippen molar-refractivity contribution in [3.8, 4) is 0 Å². The van der Waals surface area contributed by atoms with Crippen molar-refractivity contribution in [2.75, 3.05) is 39.6 Å². The second-order valence-electron chi connectivity index (χ2n) is 19.6. The number of carbonyl (C=O) groups excluding carboxylic acids is 2. The molecule has 0 aliphatic carbocycles. The van der Waals surface area contributed by atoms with Gasteiger partial charge in [-0.2, -0.15) is 0 Å². The van der Waals surface area contributed by atoms with Crippen LogP contribution in [-0.4, -0.2) is 93.2 Å². The molecule has 0 fully saturated rings. The van der Waals surface area contributed by atoms with Crippen LogP contribution in [0.3, 0.4) is 0 Å². The summed E-state index contributed by atoms with van der Waals surface area (Å²) >= 11 is 0. The molecule has 0 bridgehead atoms. The third-order valence-electron chi connectivity index (χ3n) is 13.5. The number of unbranched alkanes of at least 4 members (excludes halogenated alkanes) is 30. The molecule has 0 saturated carbocycles. The van der Waals surface area contributed by atoms with Gasteiger partial charge >= 0.3 is 0 Å². The molecule has 0 aromatic rings. The van der Waals surface area contributed by atoms with Crippen molar-refractivity contribution >= 4 is 11.8 Å². The molecule has 384 valence electrons. The van der Waals surface area contributed by atoms with Crippen molar-refractivity contribution in [2.45, 2.75) is 283 Å². The summed E-state index contributed by atoms with van der Waals surface area (Å²) in [6, 6.07) is 0. The summed E-state index contributed by atoms with van der Waals surface area (Å²) in [4.78, 5) is 25.8. The molecule has 0 radical (unpaired) electrons. The van der Waals surface area contributed by atoms with Gasteiger partial charge in [-0.25, -0.2) is 0 Å². The van der Waals surface area contributed by atoms with E-state index >= 15 is 0 Å². The largest absolute Gasteiger partial charge is 0.394 e. The lowest BCUT2D eigenvalue weighted by Gasteiger charge is -2.31. The van der Waals surface area contributed by atoms with E-state index in [1.165, 1.54) is 167 Å². The lowest BCUT2D eigenvalue weighted by Crippen LogP contribution is -2.58. The highest BCUT2D eigenvalue weighted by Crippen LogP contribution is 2.23. The maximum atomic E-state index is 12.9. The number of aliphatic hydroxyl groups excluding tert-OH is 6. The normalized spacial score (nSPS) is 12.8. The van der Waals surface area contributed by atoms with Gasteiger partial charge in [-0.15, -0.1) is 0 Å². The molecule has 2 atom stereocenters. The number of carbonyl (C=O) groups is 2. The summed E-state index contributed by atoms with van der Waals surface area (Å²) in [7, 11) is 0. The standard InChI is InChI=1S/2C27H55NO4/c2*1-3-5-7-9-11-12-13-15-17-19-21-25(20-18-16-14-10-8-6-4-2)26(32)28-27(22-29,23-30)24-31/h2*25,29-31H,3-24H2,1-2H3,(H,28,32). The highest BCUT2D eigenvalue weighted by Gasteiger charge is 2.33. The van der Waals surface area contributed by atoms with Gasteiger partial charge in [-0.05, 0) is 25.7 Å². The number of aliphatic hydroxyl groups is 6. The number of hydrogen-bond acceptors (Lipinski definition) is 8. The quantitative estimate of drug-likeness (QED) is 0.0278. The molecule has 2 unspecified atom stereocenters. The summed E-state index contributed by atoms with van der Waals surface area (Å²) in [5.41, 5.74) is -2.65. The minimum atomic E-state index is -1.33. The Bertz CT molecular complexity index is 884. The van der Waals surface area contributed by atoms with Gasteiger partial charge in [-0.1, -0.05) is 246 Å². The number of amides is 2. The van der Waals surface area contributed by atoms with Crippen LogP contribution < -0.4 is 10.6 Å². The van der Waals surface area contributed by atoms with Crippen molar-refractivity contribution in [2.24, 2.45) is 11.8 Å². The lowest BCUT2D eigenvalue weighted by atomic mass is 9.91. The molecule has 10 nitrogen and oxygen atoms in total. The first-order valence-corrected chi connectivity index (χ1v) is 27.5. The van der Waals surface area contributed by atoms with Crippen LogP contribution in [0, 0.1) is 11.8 Å². The first-order chi connectivity index (χ1) is 31.2. The van der Waals surface area contributed by atoms with Gasteiger partial charge in [0.2, 0.25) is 11.8 Å². The van der Waals surface area contributed by atoms with Crippen molar-refractivity contribution < 1.29 is 40.2 Å².